The average molecular weight is 354 g/mol. The average Bonchev–Trinajstić information content (AvgIpc) is 2.87. The predicted molar refractivity (Wildman–Crippen MR) is 97.8 cm³/mol. The van der Waals surface area contributed by atoms with Crippen LogP contribution < -0.4 is 4.74 Å². The zero-order valence-corrected chi connectivity index (χ0v) is 14.9. The number of amides is 2. The summed E-state index contributed by atoms with van der Waals surface area (Å²) >= 11 is 1.39. The van der Waals surface area contributed by atoms with Gasteiger partial charge in [0.25, 0.3) is 11.8 Å². The molecular weight excluding hydrogens is 336 g/mol. The van der Waals surface area contributed by atoms with Crippen LogP contribution in [0.25, 0.3) is 5.57 Å². The van der Waals surface area contributed by atoms with Crippen LogP contribution in [0.15, 0.2) is 53.6 Å². The standard InChI is InChI=1S/C19H18N2O3S/c1-3-25-17-16(13-7-9-15(24-2)10-8-13)18(22)21(19(17)23)12-14-6-4-5-11-20-14/h4-11H,3,12H2,1-2H3. The van der Waals surface area contributed by atoms with E-state index in [-0.39, 0.29) is 18.4 Å². The molecule has 3 rings (SSSR count). The summed E-state index contributed by atoms with van der Waals surface area (Å²) in [4.78, 5) is 31.7. The first-order chi connectivity index (χ1) is 12.2. The van der Waals surface area contributed by atoms with Crippen molar-refractivity contribution in [1.82, 2.24) is 9.88 Å². The highest BCUT2D eigenvalue weighted by Gasteiger charge is 2.39. The number of rotatable bonds is 6. The normalized spacial score (nSPS) is 14.4. The highest BCUT2D eigenvalue weighted by molar-refractivity contribution is 8.04. The van der Waals surface area contributed by atoms with Crippen LogP contribution in [0.3, 0.4) is 0 Å². The van der Waals surface area contributed by atoms with Crippen LogP contribution in [0.2, 0.25) is 0 Å². The van der Waals surface area contributed by atoms with Crippen molar-refractivity contribution in [3.8, 4) is 5.75 Å². The van der Waals surface area contributed by atoms with Crippen molar-refractivity contribution in [1.29, 1.82) is 0 Å². The number of carbonyl (C=O) groups excluding carboxylic acids is 2. The van der Waals surface area contributed by atoms with Gasteiger partial charge in [-0.05, 0) is 35.6 Å². The molecule has 0 aliphatic carbocycles. The SMILES string of the molecule is CCSC1=C(c2ccc(OC)cc2)C(=O)N(Cc2ccccn2)C1=O. The van der Waals surface area contributed by atoms with E-state index in [1.54, 1.807) is 49.7 Å². The fourth-order valence-corrected chi connectivity index (χ4v) is 3.51. The van der Waals surface area contributed by atoms with Crippen LogP contribution in [0.4, 0.5) is 0 Å². The van der Waals surface area contributed by atoms with E-state index in [1.165, 1.54) is 16.7 Å². The molecule has 0 bridgehead atoms. The number of thioether (sulfide) groups is 1. The van der Waals surface area contributed by atoms with Gasteiger partial charge >= 0.3 is 0 Å². The summed E-state index contributed by atoms with van der Waals surface area (Å²) in [6.45, 7) is 2.13. The number of pyridine rings is 1. The first kappa shape index (κ1) is 17.2. The smallest absolute Gasteiger partial charge is 0.268 e. The minimum Gasteiger partial charge on any atom is -0.497 e. The maximum atomic E-state index is 12.9. The number of methoxy groups -OCH3 is 1. The lowest BCUT2D eigenvalue weighted by atomic mass is 10.1. The van der Waals surface area contributed by atoms with Gasteiger partial charge in [0, 0.05) is 6.20 Å². The lowest BCUT2D eigenvalue weighted by Crippen LogP contribution is -2.31. The Labute approximate surface area is 150 Å². The molecule has 128 valence electrons. The fourth-order valence-electron chi connectivity index (χ4n) is 2.64. The zero-order chi connectivity index (χ0) is 17.8. The van der Waals surface area contributed by atoms with Crippen LogP contribution in [0.5, 0.6) is 5.75 Å². The molecule has 2 amide bonds. The van der Waals surface area contributed by atoms with E-state index >= 15 is 0 Å². The predicted octanol–water partition coefficient (Wildman–Crippen LogP) is 3.12. The van der Waals surface area contributed by atoms with Crippen molar-refractivity contribution >= 4 is 29.1 Å². The minimum atomic E-state index is -0.281. The van der Waals surface area contributed by atoms with Crippen molar-refractivity contribution in [2.75, 3.05) is 12.9 Å². The Balaban J connectivity index is 1.95. The van der Waals surface area contributed by atoms with Gasteiger partial charge in [-0.15, -0.1) is 11.8 Å². The maximum Gasteiger partial charge on any atom is 0.268 e. The molecule has 2 aromatic rings. The van der Waals surface area contributed by atoms with Gasteiger partial charge in [0.15, 0.2) is 0 Å². The number of hydrogen-bond acceptors (Lipinski definition) is 5. The van der Waals surface area contributed by atoms with Gasteiger partial charge in [0.2, 0.25) is 0 Å². The van der Waals surface area contributed by atoms with E-state index in [2.05, 4.69) is 4.98 Å². The summed E-state index contributed by atoms with van der Waals surface area (Å²) in [6.07, 6.45) is 1.65. The van der Waals surface area contributed by atoms with Crippen molar-refractivity contribution in [2.45, 2.75) is 13.5 Å². The van der Waals surface area contributed by atoms with Crippen LogP contribution in [0, 0.1) is 0 Å². The number of aromatic nitrogens is 1. The highest BCUT2D eigenvalue weighted by atomic mass is 32.2. The van der Waals surface area contributed by atoms with Gasteiger partial charge in [-0.2, -0.15) is 0 Å². The molecule has 0 N–H and O–H groups in total. The van der Waals surface area contributed by atoms with Crippen LogP contribution in [0.1, 0.15) is 18.2 Å². The molecule has 5 nitrogen and oxygen atoms in total. The monoisotopic (exact) mass is 354 g/mol. The number of hydrogen-bond donors (Lipinski definition) is 0. The summed E-state index contributed by atoms with van der Waals surface area (Å²) in [5.74, 6) is 0.882. The quantitative estimate of drug-likeness (QED) is 0.746. The Morgan fingerprint density at radius 3 is 2.44 bits per heavy atom. The largest absolute Gasteiger partial charge is 0.497 e. The summed E-state index contributed by atoms with van der Waals surface area (Å²) in [6, 6.07) is 12.6. The molecule has 0 atom stereocenters. The molecule has 6 heteroatoms. The second kappa shape index (κ2) is 7.53. The molecule has 1 aliphatic heterocycles. The molecule has 25 heavy (non-hydrogen) atoms. The molecule has 0 radical (unpaired) electrons. The van der Waals surface area contributed by atoms with E-state index in [1.807, 2.05) is 13.0 Å². The fraction of sp³-hybridized carbons (Fsp3) is 0.211. The Morgan fingerprint density at radius 1 is 1.08 bits per heavy atom. The van der Waals surface area contributed by atoms with E-state index < -0.39 is 0 Å². The molecule has 0 spiro atoms. The highest BCUT2D eigenvalue weighted by Crippen LogP contribution is 2.36. The van der Waals surface area contributed by atoms with Crippen molar-refractivity contribution in [3.05, 3.63) is 64.8 Å². The van der Waals surface area contributed by atoms with Gasteiger partial charge in [0.1, 0.15) is 5.75 Å². The van der Waals surface area contributed by atoms with E-state index in [9.17, 15) is 9.59 Å². The molecule has 0 fully saturated rings. The molecule has 1 aliphatic rings. The van der Waals surface area contributed by atoms with Crippen molar-refractivity contribution in [2.24, 2.45) is 0 Å². The Bertz CT molecular complexity index is 816. The topological polar surface area (TPSA) is 59.5 Å². The second-order valence-electron chi connectivity index (χ2n) is 5.38. The lowest BCUT2D eigenvalue weighted by molar-refractivity contribution is -0.137. The van der Waals surface area contributed by atoms with Crippen molar-refractivity contribution < 1.29 is 14.3 Å². The lowest BCUT2D eigenvalue weighted by Gasteiger charge is -2.14. The number of benzene rings is 1. The summed E-state index contributed by atoms with van der Waals surface area (Å²) in [5, 5.41) is 0. The van der Waals surface area contributed by atoms with E-state index in [4.69, 9.17) is 4.74 Å². The third-order valence-electron chi connectivity index (χ3n) is 3.84. The van der Waals surface area contributed by atoms with Gasteiger partial charge < -0.3 is 4.74 Å². The van der Waals surface area contributed by atoms with Gasteiger partial charge in [-0.25, -0.2) is 0 Å². The Kier molecular flexibility index (Phi) is 5.19. The number of carbonyl (C=O) groups is 2. The maximum absolute atomic E-state index is 12.9. The van der Waals surface area contributed by atoms with E-state index in [0.29, 0.717) is 27.7 Å². The summed E-state index contributed by atoms with van der Waals surface area (Å²) < 4.78 is 5.16. The van der Waals surface area contributed by atoms with Gasteiger partial charge in [0.05, 0.1) is 29.8 Å². The Hall–Kier alpha value is -2.60. The van der Waals surface area contributed by atoms with Crippen LogP contribution in [-0.2, 0) is 16.1 Å². The van der Waals surface area contributed by atoms with Crippen molar-refractivity contribution in [3.63, 3.8) is 0 Å². The molecule has 1 aromatic carbocycles. The third-order valence-corrected chi connectivity index (χ3v) is 4.80. The zero-order valence-electron chi connectivity index (χ0n) is 14.1. The second-order valence-corrected chi connectivity index (χ2v) is 6.66. The molecule has 0 unspecified atom stereocenters. The Morgan fingerprint density at radius 2 is 1.84 bits per heavy atom. The van der Waals surface area contributed by atoms with Gasteiger partial charge in [-0.3, -0.25) is 19.5 Å². The molecule has 0 saturated carbocycles. The summed E-state index contributed by atoms with van der Waals surface area (Å²) in [5.41, 5.74) is 1.86. The van der Waals surface area contributed by atoms with Gasteiger partial charge in [-0.1, -0.05) is 25.1 Å². The molecule has 1 aromatic heterocycles. The molecular formula is C19H18N2O3S. The number of ether oxygens (including phenoxy) is 1. The minimum absolute atomic E-state index is 0.173. The summed E-state index contributed by atoms with van der Waals surface area (Å²) in [7, 11) is 1.59. The van der Waals surface area contributed by atoms with E-state index in [0.717, 1.165) is 5.56 Å². The number of imide groups is 1. The first-order valence-corrected chi connectivity index (χ1v) is 8.91. The molecule has 2 heterocycles. The first-order valence-electron chi connectivity index (χ1n) is 7.93. The van der Waals surface area contributed by atoms with Crippen LogP contribution >= 0.6 is 11.8 Å². The third kappa shape index (κ3) is 3.44. The number of nitrogens with zero attached hydrogens (tertiary/aromatic N) is 2. The molecule has 0 saturated heterocycles. The van der Waals surface area contributed by atoms with Crippen LogP contribution in [-0.4, -0.2) is 34.6 Å².